The van der Waals surface area contributed by atoms with Crippen molar-refractivity contribution in [2.75, 3.05) is 7.11 Å². The zero-order valence-corrected chi connectivity index (χ0v) is 13.5. The van der Waals surface area contributed by atoms with Crippen molar-refractivity contribution in [3.8, 4) is 5.75 Å². The lowest BCUT2D eigenvalue weighted by Gasteiger charge is -2.21. The number of rotatable bonds is 4. The molecule has 1 aromatic carbocycles. The van der Waals surface area contributed by atoms with E-state index in [9.17, 15) is 4.79 Å². The third kappa shape index (κ3) is 4.51. The number of hydrogen-bond donors (Lipinski definition) is 1. The van der Waals surface area contributed by atoms with Crippen LogP contribution in [0.25, 0.3) is 0 Å². The van der Waals surface area contributed by atoms with E-state index in [1.165, 1.54) is 19.3 Å². The average molecular weight is 340 g/mol. The fourth-order valence-corrected chi connectivity index (χ4v) is 3.33. The minimum atomic E-state index is 0.103. The van der Waals surface area contributed by atoms with Crippen molar-refractivity contribution in [3.05, 3.63) is 29.8 Å². The van der Waals surface area contributed by atoms with Crippen LogP contribution in [0.5, 0.6) is 5.75 Å². The molecular formula is C16H22BrNO2. The van der Waals surface area contributed by atoms with E-state index in [1.54, 1.807) is 7.11 Å². The van der Waals surface area contributed by atoms with Crippen molar-refractivity contribution < 1.29 is 9.53 Å². The Morgan fingerprint density at radius 1 is 1.25 bits per heavy atom. The molecule has 0 bridgehead atoms. The molecule has 0 radical (unpaired) electrons. The number of ether oxygens (including phenoxy) is 1. The lowest BCUT2D eigenvalue weighted by molar-refractivity contribution is -0.121. The van der Waals surface area contributed by atoms with Crippen LogP contribution in [0.4, 0.5) is 0 Å². The number of amides is 1. The number of carbonyl (C=O) groups is 1. The zero-order valence-electron chi connectivity index (χ0n) is 11.9. The van der Waals surface area contributed by atoms with Gasteiger partial charge in [-0.2, -0.15) is 0 Å². The van der Waals surface area contributed by atoms with Gasteiger partial charge >= 0.3 is 0 Å². The maximum atomic E-state index is 12.1. The molecule has 1 aliphatic carbocycles. The number of nitrogens with one attached hydrogen (secondary N) is 1. The van der Waals surface area contributed by atoms with Crippen molar-refractivity contribution in [2.24, 2.45) is 0 Å². The van der Waals surface area contributed by atoms with E-state index in [0.717, 1.165) is 24.2 Å². The molecule has 0 heterocycles. The fraction of sp³-hybridized carbons (Fsp3) is 0.562. The third-order valence-electron chi connectivity index (χ3n) is 3.80. The zero-order chi connectivity index (χ0) is 14.4. The molecule has 4 heteroatoms. The quantitative estimate of drug-likeness (QED) is 0.673. The summed E-state index contributed by atoms with van der Waals surface area (Å²) in [5.74, 6) is 0.921. The van der Waals surface area contributed by atoms with Crippen LogP contribution >= 0.6 is 15.9 Å². The Hall–Kier alpha value is -1.03. The molecule has 3 nitrogen and oxygen atoms in total. The number of halogens is 1. The summed E-state index contributed by atoms with van der Waals surface area (Å²) in [7, 11) is 1.64. The second kappa shape index (κ2) is 7.67. The molecule has 0 spiro atoms. The molecule has 110 valence electrons. The van der Waals surface area contributed by atoms with Crippen LogP contribution in [0.2, 0.25) is 0 Å². The highest BCUT2D eigenvalue weighted by Crippen LogP contribution is 2.23. The third-order valence-corrected chi connectivity index (χ3v) is 4.90. The predicted molar refractivity (Wildman–Crippen MR) is 84.4 cm³/mol. The maximum absolute atomic E-state index is 12.1. The van der Waals surface area contributed by atoms with E-state index in [2.05, 4.69) is 21.2 Å². The fourth-order valence-electron chi connectivity index (χ4n) is 2.61. The van der Waals surface area contributed by atoms with Crippen molar-refractivity contribution in [3.63, 3.8) is 0 Å². The van der Waals surface area contributed by atoms with Gasteiger partial charge in [-0.05, 0) is 30.5 Å². The van der Waals surface area contributed by atoms with Gasteiger partial charge in [-0.1, -0.05) is 47.3 Å². The number of carbonyl (C=O) groups excluding carboxylic acids is 1. The summed E-state index contributed by atoms with van der Waals surface area (Å²) in [6, 6.07) is 7.93. The maximum Gasteiger partial charge on any atom is 0.224 e. The Morgan fingerprint density at radius 3 is 2.65 bits per heavy atom. The minimum absolute atomic E-state index is 0.103. The number of alkyl halides is 1. The first-order valence-corrected chi connectivity index (χ1v) is 8.17. The SMILES string of the molecule is COc1ccc(CC(=O)NC2CCCCCC2Br)cc1. The second-order valence-corrected chi connectivity index (χ2v) is 6.53. The summed E-state index contributed by atoms with van der Waals surface area (Å²) in [4.78, 5) is 12.5. The van der Waals surface area contributed by atoms with Gasteiger partial charge in [-0.25, -0.2) is 0 Å². The first-order valence-electron chi connectivity index (χ1n) is 7.25. The first kappa shape index (κ1) is 15.4. The van der Waals surface area contributed by atoms with Gasteiger partial charge in [-0.15, -0.1) is 0 Å². The lowest BCUT2D eigenvalue weighted by Crippen LogP contribution is -2.41. The van der Waals surface area contributed by atoms with Crippen LogP contribution < -0.4 is 10.1 Å². The molecule has 0 aromatic heterocycles. The Bertz CT molecular complexity index is 433. The topological polar surface area (TPSA) is 38.3 Å². The summed E-state index contributed by atoms with van der Waals surface area (Å²) >= 11 is 3.71. The van der Waals surface area contributed by atoms with Crippen molar-refractivity contribution in [2.45, 2.75) is 49.4 Å². The van der Waals surface area contributed by atoms with Crippen LogP contribution in [0.15, 0.2) is 24.3 Å². The molecule has 1 aliphatic rings. The predicted octanol–water partition coefficient (Wildman–Crippen LogP) is 3.45. The highest BCUT2D eigenvalue weighted by molar-refractivity contribution is 9.09. The number of hydrogen-bond acceptors (Lipinski definition) is 2. The summed E-state index contributed by atoms with van der Waals surface area (Å²) in [5.41, 5.74) is 1.02. The lowest BCUT2D eigenvalue weighted by atomic mass is 10.1. The first-order chi connectivity index (χ1) is 9.69. The van der Waals surface area contributed by atoms with Crippen LogP contribution in [-0.4, -0.2) is 23.9 Å². The van der Waals surface area contributed by atoms with E-state index in [-0.39, 0.29) is 11.9 Å². The number of benzene rings is 1. The van der Waals surface area contributed by atoms with Crippen LogP contribution in [-0.2, 0) is 11.2 Å². The molecule has 2 unspecified atom stereocenters. The Kier molecular flexibility index (Phi) is 5.89. The van der Waals surface area contributed by atoms with E-state index in [4.69, 9.17) is 4.74 Å². The van der Waals surface area contributed by atoms with E-state index >= 15 is 0 Å². The highest BCUT2D eigenvalue weighted by Gasteiger charge is 2.22. The van der Waals surface area contributed by atoms with E-state index < -0.39 is 0 Å². The van der Waals surface area contributed by atoms with Crippen LogP contribution in [0, 0.1) is 0 Å². The summed E-state index contributed by atoms with van der Waals surface area (Å²) < 4.78 is 5.12. The smallest absolute Gasteiger partial charge is 0.224 e. The second-order valence-electron chi connectivity index (χ2n) is 5.35. The molecule has 1 fully saturated rings. The van der Waals surface area contributed by atoms with Crippen molar-refractivity contribution in [1.82, 2.24) is 5.32 Å². The largest absolute Gasteiger partial charge is 0.497 e. The highest BCUT2D eigenvalue weighted by atomic mass is 79.9. The van der Waals surface area contributed by atoms with Gasteiger partial charge in [0.05, 0.1) is 13.5 Å². The van der Waals surface area contributed by atoms with Crippen LogP contribution in [0.3, 0.4) is 0 Å². The van der Waals surface area contributed by atoms with Gasteiger partial charge in [-0.3, -0.25) is 4.79 Å². The van der Waals surface area contributed by atoms with Crippen molar-refractivity contribution >= 4 is 21.8 Å². The molecular weight excluding hydrogens is 318 g/mol. The van der Waals surface area contributed by atoms with E-state index in [0.29, 0.717) is 11.2 Å². The van der Waals surface area contributed by atoms with Gasteiger partial charge in [0.15, 0.2) is 0 Å². The van der Waals surface area contributed by atoms with Crippen LogP contribution in [0.1, 0.15) is 37.7 Å². The summed E-state index contributed by atoms with van der Waals surface area (Å²) in [5, 5.41) is 3.17. The molecule has 20 heavy (non-hydrogen) atoms. The molecule has 2 rings (SSSR count). The Labute approximate surface area is 129 Å². The van der Waals surface area contributed by atoms with Crippen molar-refractivity contribution in [1.29, 1.82) is 0 Å². The Morgan fingerprint density at radius 2 is 1.95 bits per heavy atom. The summed E-state index contributed by atoms with van der Waals surface area (Å²) in [6.07, 6.45) is 6.38. The molecule has 0 aliphatic heterocycles. The van der Waals surface area contributed by atoms with E-state index in [1.807, 2.05) is 24.3 Å². The molecule has 1 N–H and O–H groups in total. The monoisotopic (exact) mass is 339 g/mol. The minimum Gasteiger partial charge on any atom is -0.497 e. The summed E-state index contributed by atoms with van der Waals surface area (Å²) in [6.45, 7) is 0. The Balaban J connectivity index is 1.87. The molecule has 2 atom stereocenters. The van der Waals surface area contributed by atoms with Gasteiger partial charge in [0.2, 0.25) is 5.91 Å². The molecule has 1 aromatic rings. The molecule has 0 saturated heterocycles. The molecule has 1 amide bonds. The molecule has 1 saturated carbocycles. The number of methoxy groups -OCH3 is 1. The van der Waals surface area contributed by atoms with Gasteiger partial charge in [0.1, 0.15) is 5.75 Å². The normalized spacial score (nSPS) is 22.9. The average Bonchev–Trinajstić information content (AvgIpc) is 2.65. The standard InChI is InChI=1S/C16H22BrNO2/c1-20-13-9-7-12(8-10-13)11-16(19)18-15-6-4-2-3-5-14(15)17/h7-10,14-15H,2-6,11H2,1H3,(H,18,19). The van der Waals surface area contributed by atoms with Gasteiger partial charge in [0.25, 0.3) is 0 Å². The van der Waals surface area contributed by atoms with Gasteiger partial charge < -0.3 is 10.1 Å². The van der Waals surface area contributed by atoms with Gasteiger partial charge in [0, 0.05) is 10.9 Å².